The van der Waals surface area contributed by atoms with Crippen LogP contribution in [-0.2, 0) is 0 Å². The summed E-state index contributed by atoms with van der Waals surface area (Å²) in [5.74, 6) is 0. The molecule has 1 aliphatic carbocycles. The molecule has 1 aliphatic rings. The van der Waals surface area contributed by atoms with Crippen molar-refractivity contribution < 1.29 is 0 Å². The molecule has 1 N–H and O–H groups in total. The summed E-state index contributed by atoms with van der Waals surface area (Å²) in [4.78, 5) is 4.65. The molecule has 106 valence electrons. The summed E-state index contributed by atoms with van der Waals surface area (Å²) in [6.45, 7) is 2.34. The lowest BCUT2D eigenvalue weighted by atomic mass is 9.73. The van der Waals surface area contributed by atoms with Crippen molar-refractivity contribution in [2.75, 3.05) is 7.05 Å². The summed E-state index contributed by atoms with van der Waals surface area (Å²) in [7, 11) is 2.09. The highest BCUT2D eigenvalue weighted by Crippen LogP contribution is 2.49. The Bertz CT molecular complexity index is 585. The van der Waals surface area contributed by atoms with Gasteiger partial charge < -0.3 is 5.32 Å². The number of rotatable bonds is 4. The van der Waals surface area contributed by atoms with Crippen molar-refractivity contribution in [2.45, 2.75) is 45.1 Å². The van der Waals surface area contributed by atoms with E-state index in [1.54, 1.807) is 0 Å². The number of nitrogens with zero attached hydrogens (tertiary/aromatic N) is 1. The fourth-order valence-electron chi connectivity index (χ4n) is 4.00. The van der Waals surface area contributed by atoms with Gasteiger partial charge in [-0.05, 0) is 49.4 Å². The SMILES string of the molecule is CCC1(C(NC)c2cnc3ccccc3c2)CCCC1. The van der Waals surface area contributed by atoms with Crippen LogP contribution in [0.3, 0.4) is 0 Å². The van der Waals surface area contributed by atoms with Gasteiger partial charge in [0.25, 0.3) is 0 Å². The maximum Gasteiger partial charge on any atom is 0.0702 e. The summed E-state index contributed by atoms with van der Waals surface area (Å²) >= 11 is 0. The summed E-state index contributed by atoms with van der Waals surface area (Å²) in [6, 6.07) is 11.1. The van der Waals surface area contributed by atoms with Crippen LogP contribution in [0.5, 0.6) is 0 Å². The van der Waals surface area contributed by atoms with Crippen molar-refractivity contribution >= 4 is 10.9 Å². The van der Waals surface area contributed by atoms with Crippen LogP contribution in [0.4, 0.5) is 0 Å². The lowest BCUT2D eigenvalue weighted by Crippen LogP contribution is -2.34. The predicted molar refractivity (Wildman–Crippen MR) is 84.7 cm³/mol. The summed E-state index contributed by atoms with van der Waals surface area (Å²) in [5.41, 5.74) is 2.84. The maximum absolute atomic E-state index is 4.65. The molecule has 1 saturated carbocycles. The van der Waals surface area contributed by atoms with Gasteiger partial charge in [-0.3, -0.25) is 4.98 Å². The molecule has 1 aromatic carbocycles. The molecule has 2 aromatic rings. The highest BCUT2D eigenvalue weighted by Gasteiger charge is 2.39. The van der Waals surface area contributed by atoms with Crippen LogP contribution < -0.4 is 5.32 Å². The molecule has 0 radical (unpaired) electrons. The van der Waals surface area contributed by atoms with Gasteiger partial charge in [0.1, 0.15) is 0 Å². The lowest BCUT2D eigenvalue weighted by Gasteiger charge is -2.37. The number of fused-ring (bicyclic) bond motifs is 1. The van der Waals surface area contributed by atoms with Gasteiger partial charge in [0.2, 0.25) is 0 Å². The van der Waals surface area contributed by atoms with Crippen molar-refractivity contribution in [3.05, 3.63) is 42.1 Å². The fourth-order valence-corrected chi connectivity index (χ4v) is 4.00. The molecule has 0 amide bonds. The molecule has 1 unspecified atom stereocenters. The Morgan fingerprint density at radius 2 is 2.00 bits per heavy atom. The molecular formula is C18H24N2. The topological polar surface area (TPSA) is 24.9 Å². The number of para-hydroxylation sites is 1. The third kappa shape index (κ3) is 2.22. The van der Waals surface area contributed by atoms with Crippen LogP contribution >= 0.6 is 0 Å². The third-order valence-corrected chi connectivity index (χ3v) is 5.15. The van der Waals surface area contributed by atoms with Gasteiger partial charge in [-0.1, -0.05) is 38.0 Å². The average Bonchev–Trinajstić information content (AvgIpc) is 2.98. The molecule has 20 heavy (non-hydrogen) atoms. The van der Waals surface area contributed by atoms with E-state index in [2.05, 4.69) is 60.8 Å². The molecule has 1 atom stereocenters. The molecule has 0 spiro atoms. The van der Waals surface area contributed by atoms with E-state index >= 15 is 0 Å². The predicted octanol–water partition coefficient (Wildman–Crippen LogP) is 4.47. The molecule has 1 aromatic heterocycles. The van der Waals surface area contributed by atoms with Crippen LogP contribution in [0.1, 0.15) is 50.6 Å². The minimum Gasteiger partial charge on any atom is -0.312 e. The van der Waals surface area contributed by atoms with Crippen LogP contribution in [0.2, 0.25) is 0 Å². The second-order valence-electron chi connectivity index (χ2n) is 6.11. The molecule has 0 saturated heterocycles. The number of benzene rings is 1. The smallest absolute Gasteiger partial charge is 0.0702 e. The van der Waals surface area contributed by atoms with Crippen molar-refractivity contribution in [3.63, 3.8) is 0 Å². The second kappa shape index (κ2) is 5.53. The zero-order valence-corrected chi connectivity index (χ0v) is 12.5. The molecule has 2 heteroatoms. The average molecular weight is 268 g/mol. The highest BCUT2D eigenvalue weighted by atomic mass is 14.9. The standard InChI is InChI=1S/C18H24N2/c1-3-18(10-6-7-11-18)17(19-2)15-12-14-8-4-5-9-16(14)20-13-15/h4-5,8-9,12-13,17,19H,3,6-7,10-11H2,1-2H3. The van der Waals surface area contributed by atoms with E-state index in [-0.39, 0.29) is 0 Å². The quantitative estimate of drug-likeness (QED) is 0.885. The van der Waals surface area contributed by atoms with Crippen LogP contribution in [0.25, 0.3) is 10.9 Å². The first kappa shape index (κ1) is 13.6. The highest BCUT2D eigenvalue weighted by molar-refractivity contribution is 5.78. The Morgan fingerprint density at radius 1 is 1.25 bits per heavy atom. The zero-order chi connectivity index (χ0) is 14.0. The normalized spacial score (nSPS) is 19.3. The van der Waals surface area contributed by atoms with E-state index in [0.29, 0.717) is 11.5 Å². The first-order valence-corrected chi connectivity index (χ1v) is 7.81. The van der Waals surface area contributed by atoms with E-state index in [1.165, 1.54) is 43.1 Å². The monoisotopic (exact) mass is 268 g/mol. The van der Waals surface area contributed by atoms with Gasteiger partial charge in [0, 0.05) is 17.6 Å². The van der Waals surface area contributed by atoms with E-state index in [9.17, 15) is 0 Å². The van der Waals surface area contributed by atoms with Crippen LogP contribution in [0.15, 0.2) is 36.5 Å². The Morgan fingerprint density at radius 3 is 2.70 bits per heavy atom. The Hall–Kier alpha value is -1.41. The number of hydrogen-bond acceptors (Lipinski definition) is 2. The van der Waals surface area contributed by atoms with E-state index in [0.717, 1.165) is 5.52 Å². The van der Waals surface area contributed by atoms with Crippen LogP contribution in [0, 0.1) is 5.41 Å². The van der Waals surface area contributed by atoms with Crippen molar-refractivity contribution in [3.8, 4) is 0 Å². The third-order valence-electron chi connectivity index (χ3n) is 5.15. The first-order chi connectivity index (χ1) is 9.79. The minimum absolute atomic E-state index is 0.416. The fraction of sp³-hybridized carbons (Fsp3) is 0.500. The molecule has 1 heterocycles. The Kier molecular flexibility index (Phi) is 3.75. The second-order valence-corrected chi connectivity index (χ2v) is 6.11. The van der Waals surface area contributed by atoms with Gasteiger partial charge in [-0.15, -0.1) is 0 Å². The molecular weight excluding hydrogens is 244 g/mol. The van der Waals surface area contributed by atoms with Gasteiger partial charge in [0.05, 0.1) is 5.52 Å². The molecule has 1 fully saturated rings. The van der Waals surface area contributed by atoms with Gasteiger partial charge in [0.15, 0.2) is 0 Å². The zero-order valence-electron chi connectivity index (χ0n) is 12.5. The van der Waals surface area contributed by atoms with Crippen LogP contribution in [-0.4, -0.2) is 12.0 Å². The minimum atomic E-state index is 0.416. The van der Waals surface area contributed by atoms with Crippen molar-refractivity contribution in [1.82, 2.24) is 10.3 Å². The summed E-state index contributed by atoms with van der Waals surface area (Å²) in [5, 5.41) is 4.82. The first-order valence-electron chi connectivity index (χ1n) is 7.81. The lowest BCUT2D eigenvalue weighted by molar-refractivity contribution is 0.195. The molecule has 0 bridgehead atoms. The van der Waals surface area contributed by atoms with E-state index < -0.39 is 0 Å². The van der Waals surface area contributed by atoms with Gasteiger partial charge in [-0.2, -0.15) is 0 Å². The Labute approximate surface area is 121 Å². The van der Waals surface area contributed by atoms with E-state index in [1.807, 2.05) is 0 Å². The number of aromatic nitrogens is 1. The summed E-state index contributed by atoms with van der Waals surface area (Å²) in [6.07, 6.45) is 8.72. The largest absolute Gasteiger partial charge is 0.312 e. The van der Waals surface area contributed by atoms with Crippen molar-refractivity contribution in [1.29, 1.82) is 0 Å². The molecule has 3 rings (SSSR count). The van der Waals surface area contributed by atoms with E-state index in [4.69, 9.17) is 0 Å². The van der Waals surface area contributed by atoms with Gasteiger partial charge in [-0.25, -0.2) is 0 Å². The van der Waals surface area contributed by atoms with Crippen molar-refractivity contribution in [2.24, 2.45) is 5.41 Å². The maximum atomic E-state index is 4.65. The van der Waals surface area contributed by atoms with Gasteiger partial charge >= 0.3 is 0 Å². The number of pyridine rings is 1. The molecule has 2 nitrogen and oxygen atoms in total. The number of nitrogens with one attached hydrogen (secondary N) is 1. The summed E-state index contributed by atoms with van der Waals surface area (Å²) < 4.78 is 0. The number of hydrogen-bond donors (Lipinski definition) is 1. The molecule has 0 aliphatic heterocycles. The Balaban J connectivity index is 2.02.